The molecule has 0 saturated carbocycles. The first-order valence-corrected chi connectivity index (χ1v) is 8.79. The highest BCUT2D eigenvalue weighted by molar-refractivity contribution is 6.33. The van der Waals surface area contributed by atoms with E-state index in [0.29, 0.717) is 17.8 Å². The Labute approximate surface area is 153 Å². The second kappa shape index (κ2) is 5.41. The lowest BCUT2D eigenvalue weighted by atomic mass is 9.87. The van der Waals surface area contributed by atoms with Gasteiger partial charge in [0.15, 0.2) is 17.0 Å². The van der Waals surface area contributed by atoms with Crippen LogP contribution in [0.5, 0.6) is 0 Å². The molecule has 2 unspecified atom stereocenters. The van der Waals surface area contributed by atoms with Crippen molar-refractivity contribution in [3.8, 4) is 0 Å². The number of hydrogen-bond donors (Lipinski definition) is 0. The summed E-state index contributed by atoms with van der Waals surface area (Å²) in [5.74, 6) is 0.879. The molecule has 0 N–H and O–H groups in total. The molecule has 2 atom stereocenters. The van der Waals surface area contributed by atoms with Gasteiger partial charge in [-0.25, -0.2) is 19.6 Å². The minimum absolute atomic E-state index is 0.226. The van der Waals surface area contributed by atoms with E-state index in [1.165, 1.54) is 4.68 Å². The third-order valence-corrected chi connectivity index (χ3v) is 5.67. The first-order valence-electron chi connectivity index (χ1n) is 8.41. The van der Waals surface area contributed by atoms with E-state index < -0.39 is 0 Å². The van der Waals surface area contributed by atoms with E-state index >= 15 is 0 Å². The van der Waals surface area contributed by atoms with Crippen LogP contribution < -0.4 is 15.4 Å². The van der Waals surface area contributed by atoms with Crippen LogP contribution >= 0.6 is 11.6 Å². The summed E-state index contributed by atoms with van der Waals surface area (Å²) in [6.45, 7) is 1.53. The van der Waals surface area contributed by atoms with Crippen molar-refractivity contribution in [2.45, 2.75) is 18.5 Å². The number of aryl methyl sites for hydroxylation is 2. The predicted octanol–water partition coefficient (Wildman–Crippen LogP) is 0.578. The van der Waals surface area contributed by atoms with Gasteiger partial charge in [-0.05, 0) is 6.42 Å². The molecule has 2 bridgehead atoms. The summed E-state index contributed by atoms with van der Waals surface area (Å²) in [5.41, 5.74) is 2.09. The molecule has 3 aromatic heterocycles. The van der Waals surface area contributed by atoms with E-state index in [9.17, 15) is 4.79 Å². The monoisotopic (exact) mass is 372 g/mol. The first kappa shape index (κ1) is 15.6. The number of nitrogens with zero attached hydrogens (tertiary/aromatic N) is 8. The second-order valence-electron chi connectivity index (χ2n) is 6.85. The number of rotatable bonds is 2. The number of halogens is 1. The molecular weight excluding hydrogens is 356 g/mol. The molecule has 0 radical (unpaired) electrons. The van der Waals surface area contributed by atoms with Gasteiger partial charge in [-0.1, -0.05) is 11.6 Å². The van der Waals surface area contributed by atoms with Crippen molar-refractivity contribution in [3.05, 3.63) is 34.2 Å². The van der Waals surface area contributed by atoms with E-state index in [2.05, 4.69) is 29.9 Å². The van der Waals surface area contributed by atoms with Gasteiger partial charge in [-0.2, -0.15) is 5.10 Å². The summed E-state index contributed by atoms with van der Waals surface area (Å²) in [6, 6.07) is 0.600. The van der Waals surface area contributed by atoms with Crippen molar-refractivity contribution in [1.82, 2.24) is 29.3 Å². The number of aromatic nitrogens is 6. The Bertz CT molecular complexity index is 1060. The standard InChI is InChI=1S/C16H17ClN8O/c1-22-8-20-13-14(22)18-7-19-15(13)25-9-3-10(25)6-24(5-9)11-4-21-23(2)16(26)12(11)17/h4,7-10H,3,5-6H2,1-2H3. The summed E-state index contributed by atoms with van der Waals surface area (Å²) in [5, 5.41) is 4.33. The molecule has 0 spiro atoms. The zero-order valence-electron chi connectivity index (χ0n) is 14.4. The maximum absolute atomic E-state index is 12.1. The Morgan fingerprint density at radius 1 is 1.15 bits per heavy atom. The molecule has 0 aliphatic carbocycles. The smallest absolute Gasteiger partial charge is 0.287 e. The molecule has 0 aromatic carbocycles. The predicted molar refractivity (Wildman–Crippen MR) is 97.7 cm³/mol. The fourth-order valence-corrected chi connectivity index (χ4v) is 4.29. The lowest BCUT2D eigenvalue weighted by Gasteiger charge is -2.57. The molecular formula is C16H17ClN8O. The summed E-state index contributed by atoms with van der Waals surface area (Å²) < 4.78 is 3.15. The first-order chi connectivity index (χ1) is 12.5. The van der Waals surface area contributed by atoms with Crippen molar-refractivity contribution in [1.29, 1.82) is 0 Å². The fourth-order valence-electron chi connectivity index (χ4n) is 4.00. The van der Waals surface area contributed by atoms with E-state index in [-0.39, 0.29) is 10.6 Å². The molecule has 26 heavy (non-hydrogen) atoms. The van der Waals surface area contributed by atoms with Crippen LogP contribution in [0.25, 0.3) is 11.2 Å². The van der Waals surface area contributed by atoms with Crippen molar-refractivity contribution in [2.75, 3.05) is 22.9 Å². The maximum atomic E-state index is 12.1. The molecule has 134 valence electrons. The maximum Gasteiger partial charge on any atom is 0.287 e. The van der Waals surface area contributed by atoms with Crippen LogP contribution in [0, 0.1) is 0 Å². The van der Waals surface area contributed by atoms with Gasteiger partial charge in [-0.3, -0.25) is 4.79 Å². The molecule has 0 amide bonds. The van der Waals surface area contributed by atoms with Crippen LogP contribution in [0.2, 0.25) is 5.02 Å². The van der Waals surface area contributed by atoms with Gasteiger partial charge < -0.3 is 14.4 Å². The summed E-state index contributed by atoms with van der Waals surface area (Å²) in [6.07, 6.45) is 6.11. The van der Waals surface area contributed by atoms with Crippen molar-refractivity contribution in [2.24, 2.45) is 14.1 Å². The van der Waals surface area contributed by atoms with E-state index in [0.717, 1.165) is 36.5 Å². The van der Waals surface area contributed by atoms with Crippen LogP contribution in [0.3, 0.4) is 0 Å². The SMILES string of the molecule is Cn1ncc(N2CC3CC(C2)N3c2ncnc3c2ncn3C)c(Cl)c1=O. The number of piperidine rings is 1. The Morgan fingerprint density at radius 3 is 2.69 bits per heavy atom. The fraction of sp³-hybridized carbons (Fsp3) is 0.438. The van der Waals surface area contributed by atoms with E-state index in [1.807, 2.05) is 11.6 Å². The summed E-state index contributed by atoms with van der Waals surface area (Å²) >= 11 is 6.27. The van der Waals surface area contributed by atoms with Gasteiger partial charge in [0.1, 0.15) is 11.3 Å². The molecule has 3 aromatic rings. The lowest BCUT2D eigenvalue weighted by Crippen LogP contribution is -2.69. The van der Waals surface area contributed by atoms with E-state index in [1.54, 1.807) is 25.9 Å². The van der Waals surface area contributed by atoms with Crippen molar-refractivity contribution in [3.63, 3.8) is 0 Å². The zero-order valence-corrected chi connectivity index (χ0v) is 15.1. The second-order valence-corrected chi connectivity index (χ2v) is 7.23. The molecule has 3 aliphatic rings. The van der Waals surface area contributed by atoms with Gasteiger partial charge in [0, 0.05) is 27.2 Å². The molecule has 3 saturated heterocycles. The summed E-state index contributed by atoms with van der Waals surface area (Å²) in [4.78, 5) is 29.8. The Hall–Kier alpha value is -2.68. The highest BCUT2D eigenvalue weighted by atomic mass is 35.5. The average molecular weight is 373 g/mol. The molecule has 10 heteroatoms. The molecule has 6 heterocycles. The lowest BCUT2D eigenvalue weighted by molar-refractivity contribution is 0.289. The Balaban J connectivity index is 1.46. The minimum atomic E-state index is -0.272. The normalized spacial score (nSPS) is 22.0. The third kappa shape index (κ3) is 2.06. The average Bonchev–Trinajstić information content (AvgIpc) is 3.02. The highest BCUT2D eigenvalue weighted by Gasteiger charge is 2.46. The van der Waals surface area contributed by atoms with Gasteiger partial charge in [0.2, 0.25) is 0 Å². The van der Waals surface area contributed by atoms with Crippen LogP contribution in [-0.2, 0) is 14.1 Å². The summed E-state index contributed by atoms with van der Waals surface area (Å²) in [7, 11) is 3.52. The van der Waals surface area contributed by atoms with Gasteiger partial charge in [0.25, 0.3) is 5.56 Å². The number of hydrogen-bond acceptors (Lipinski definition) is 7. The number of anilines is 2. The Kier molecular flexibility index (Phi) is 3.24. The molecule has 9 nitrogen and oxygen atoms in total. The van der Waals surface area contributed by atoms with Crippen molar-refractivity contribution >= 4 is 34.3 Å². The molecule has 3 aliphatic heterocycles. The largest absolute Gasteiger partial charge is 0.365 e. The zero-order chi connectivity index (χ0) is 18.0. The number of imidazole rings is 1. The third-order valence-electron chi connectivity index (χ3n) is 5.32. The number of piperazine rings is 1. The van der Waals surface area contributed by atoms with Gasteiger partial charge in [0.05, 0.1) is 30.3 Å². The van der Waals surface area contributed by atoms with Gasteiger partial charge in [-0.15, -0.1) is 0 Å². The number of fused-ring (bicyclic) bond motifs is 3. The van der Waals surface area contributed by atoms with E-state index in [4.69, 9.17) is 11.6 Å². The molecule has 6 rings (SSSR count). The van der Waals surface area contributed by atoms with Crippen LogP contribution in [0.15, 0.2) is 23.6 Å². The van der Waals surface area contributed by atoms with Crippen LogP contribution in [-0.4, -0.2) is 54.5 Å². The van der Waals surface area contributed by atoms with Crippen LogP contribution in [0.4, 0.5) is 11.5 Å². The quantitative estimate of drug-likeness (QED) is 0.650. The van der Waals surface area contributed by atoms with Gasteiger partial charge >= 0.3 is 0 Å². The Morgan fingerprint density at radius 2 is 1.92 bits per heavy atom. The molecule has 3 fully saturated rings. The van der Waals surface area contributed by atoms with Crippen molar-refractivity contribution < 1.29 is 0 Å². The minimum Gasteiger partial charge on any atom is -0.365 e. The highest BCUT2D eigenvalue weighted by Crippen LogP contribution is 2.40. The topological polar surface area (TPSA) is 85.0 Å². The van der Waals surface area contributed by atoms with Crippen LogP contribution in [0.1, 0.15) is 6.42 Å².